The van der Waals surface area contributed by atoms with Crippen molar-refractivity contribution in [2.75, 3.05) is 0 Å². The number of aromatic nitrogens is 2. The molecule has 0 radical (unpaired) electrons. The number of rotatable bonds is 2. The summed E-state index contributed by atoms with van der Waals surface area (Å²) in [4.78, 5) is 3.18. The second kappa shape index (κ2) is 3.90. The number of benzene rings is 1. The van der Waals surface area contributed by atoms with E-state index in [9.17, 15) is 0 Å². The first-order valence-electron chi connectivity index (χ1n) is 5.37. The van der Waals surface area contributed by atoms with Crippen molar-refractivity contribution in [3.63, 3.8) is 0 Å². The monoisotopic (exact) mass is 254 g/mol. The van der Waals surface area contributed by atoms with Crippen LogP contribution < -0.4 is 0 Å². The number of H-pyrrole nitrogens is 1. The van der Waals surface area contributed by atoms with Gasteiger partial charge in [-0.25, -0.2) is 0 Å². The van der Waals surface area contributed by atoms with Crippen LogP contribution in [0.4, 0.5) is 0 Å². The van der Waals surface area contributed by atoms with Crippen molar-refractivity contribution in [2.45, 2.75) is 32.7 Å². The lowest BCUT2D eigenvalue weighted by molar-refractivity contribution is 0.348. The zero-order valence-electron chi connectivity index (χ0n) is 9.67. The van der Waals surface area contributed by atoms with E-state index >= 15 is 0 Å². The van der Waals surface area contributed by atoms with E-state index in [0.29, 0.717) is 5.02 Å². The highest BCUT2D eigenvalue weighted by atomic mass is 35.5. The predicted octanol–water partition coefficient (Wildman–Crippen LogP) is 4.50. The zero-order valence-corrected chi connectivity index (χ0v) is 11.2. The topological polar surface area (TPSA) is 20.7 Å². The Hall–Kier alpha value is -0.800. The fraction of sp³-hybridized carbons (Fsp3) is 0.417. The van der Waals surface area contributed by atoms with Gasteiger partial charge in [-0.1, -0.05) is 24.6 Å². The molecule has 2 aromatic rings. The van der Waals surface area contributed by atoms with Crippen LogP contribution in [0, 0.1) is 4.77 Å². The third-order valence-electron chi connectivity index (χ3n) is 3.14. The molecule has 0 bridgehead atoms. The second-order valence-electron chi connectivity index (χ2n) is 4.57. The Balaban J connectivity index is 2.85. The summed E-state index contributed by atoms with van der Waals surface area (Å²) in [5.41, 5.74) is 2.00. The molecule has 86 valence electrons. The van der Waals surface area contributed by atoms with Crippen LogP contribution in [0.25, 0.3) is 11.0 Å². The van der Waals surface area contributed by atoms with Crippen molar-refractivity contribution >= 4 is 34.9 Å². The smallest absolute Gasteiger partial charge is 0.178 e. The van der Waals surface area contributed by atoms with E-state index in [1.807, 2.05) is 18.2 Å². The SMILES string of the molecule is CCC(C)(C)n1c(=S)[nH]c2c(Cl)cccc21. The molecule has 0 fully saturated rings. The number of halogens is 1. The van der Waals surface area contributed by atoms with E-state index in [4.69, 9.17) is 23.8 Å². The average Bonchev–Trinajstić information content (AvgIpc) is 2.57. The first-order valence-corrected chi connectivity index (χ1v) is 6.15. The highest BCUT2D eigenvalue weighted by Gasteiger charge is 2.21. The van der Waals surface area contributed by atoms with E-state index in [2.05, 4.69) is 30.3 Å². The van der Waals surface area contributed by atoms with Crippen molar-refractivity contribution in [3.8, 4) is 0 Å². The van der Waals surface area contributed by atoms with Gasteiger partial charge in [0, 0.05) is 5.54 Å². The molecule has 16 heavy (non-hydrogen) atoms. The molecule has 1 N–H and O–H groups in total. The van der Waals surface area contributed by atoms with Crippen molar-refractivity contribution in [3.05, 3.63) is 28.0 Å². The van der Waals surface area contributed by atoms with Crippen molar-refractivity contribution in [1.29, 1.82) is 0 Å². The molecule has 1 aromatic carbocycles. The average molecular weight is 255 g/mol. The van der Waals surface area contributed by atoms with Gasteiger partial charge in [-0.2, -0.15) is 0 Å². The molecule has 0 aliphatic heterocycles. The van der Waals surface area contributed by atoms with Gasteiger partial charge in [0.1, 0.15) is 0 Å². The van der Waals surface area contributed by atoms with E-state index in [-0.39, 0.29) is 5.54 Å². The van der Waals surface area contributed by atoms with Crippen LogP contribution in [0.2, 0.25) is 5.02 Å². The summed E-state index contributed by atoms with van der Waals surface area (Å²) in [7, 11) is 0. The molecular formula is C12H15ClN2S. The second-order valence-corrected chi connectivity index (χ2v) is 5.36. The number of nitrogens with one attached hydrogen (secondary N) is 1. The lowest BCUT2D eigenvalue weighted by atomic mass is 10.0. The van der Waals surface area contributed by atoms with Gasteiger partial charge in [-0.3, -0.25) is 0 Å². The molecular weight excluding hydrogens is 240 g/mol. The Morgan fingerprint density at radius 1 is 1.44 bits per heavy atom. The fourth-order valence-electron chi connectivity index (χ4n) is 1.85. The summed E-state index contributed by atoms with van der Waals surface area (Å²) in [6.07, 6.45) is 1.01. The maximum absolute atomic E-state index is 6.14. The predicted molar refractivity (Wildman–Crippen MR) is 71.7 cm³/mol. The van der Waals surface area contributed by atoms with Crippen LogP contribution in [0.3, 0.4) is 0 Å². The van der Waals surface area contributed by atoms with Crippen molar-refractivity contribution in [1.82, 2.24) is 9.55 Å². The molecule has 0 aliphatic carbocycles. The van der Waals surface area contributed by atoms with Gasteiger partial charge in [0.15, 0.2) is 4.77 Å². The maximum Gasteiger partial charge on any atom is 0.178 e. The van der Waals surface area contributed by atoms with Gasteiger partial charge < -0.3 is 9.55 Å². The lowest BCUT2D eigenvalue weighted by Crippen LogP contribution is -2.25. The van der Waals surface area contributed by atoms with Crippen LogP contribution in [0.15, 0.2) is 18.2 Å². The molecule has 0 saturated carbocycles. The summed E-state index contributed by atoms with van der Waals surface area (Å²) in [5.74, 6) is 0. The van der Waals surface area contributed by atoms with Gasteiger partial charge >= 0.3 is 0 Å². The Morgan fingerprint density at radius 2 is 2.12 bits per heavy atom. The third-order valence-corrected chi connectivity index (χ3v) is 3.74. The number of para-hydroxylation sites is 1. The molecule has 0 aliphatic rings. The van der Waals surface area contributed by atoms with Gasteiger partial charge in [0.05, 0.1) is 16.1 Å². The van der Waals surface area contributed by atoms with Gasteiger partial charge in [-0.05, 0) is 44.6 Å². The van der Waals surface area contributed by atoms with E-state index < -0.39 is 0 Å². The summed E-state index contributed by atoms with van der Waals surface area (Å²) in [5, 5.41) is 0.717. The summed E-state index contributed by atoms with van der Waals surface area (Å²) in [6, 6.07) is 5.87. The normalized spacial score (nSPS) is 12.2. The zero-order chi connectivity index (χ0) is 11.9. The maximum atomic E-state index is 6.14. The van der Waals surface area contributed by atoms with Crippen molar-refractivity contribution in [2.24, 2.45) is 0 Å². The molecule has 4 heteroatoms. The minimum atomic E-state index is 0.0000154. The number of aromatic amines is 1. The third kappa shape index (κ3) is 1.68. The summed E-state index contributed by atoms with van der Waals surface area (Å²) >= 11 is 11.5. The number of fused-ring (bicyclic) bond motifs is 1. The van der Waals surface area contributed by atoms with Crippen LogP contribution >= 0.6 is 23.8 Å². The van der Waals surface area contributed by atoms with E-state index in [1.165, 1.54) is 0 Å². The Labute approximate surface area is 105 Å². The molecule has 0 atom stereocenters. The first kappa shape index (κ1) is 11.7. The van der Waals surface area contributed by atoms with Crippen LogP contribution in [0.1, 0.15) is 27.2 Å². The largest absolute Gasteiger partial charge is 0.329 e. The fourth-order valence-corrected chi connectivity index (χ4v) is 2.52. The Kier molecular flexibility index (Phi) is 2.84. The minimum absolute atomic E-state index is 0.0000154. The van der Waals surface area contributed by atoms with Crippen LogP contribution in [-0.4, -0.2) is 9.55 Å². The quantitative estimate of drug-likeness (QED) is 0.783. The number of nitrogens with zero attached hydrogens (tertiary/aromatic N) is 1. The van der Waals surface area contributed by atoms with E-state index in [0.717, 1.165) is 22.2 Å². The number of imidazole rings is 1. The molecule has 2 nitrogen and oxygen atoms in total. The molecule has 1 aromatic heterocycles. The molecule has 1 heterocycles. The number of hydrogen-bond donors (Lipinski definition) is 1. The van der Waals surface area contributed by atoms with E-state index in [1.54, 1.807) is 0 Å². The molecule has 0 saturated heterocycles. The Morgan fingerprint density at radius 3 is 2.75 bits per heavy atom. The van der Waals surface area contributed by atoms with Gasteiger partial charge in [0.2, 0.25) is 0 Å². The summed E-state index contributed by atoms with van der Waals surface area (Å²) in [6.45, 7) is 6.51. The molecule has 0 spiro atoms. The Bertz CT molecular complexity index is 580. The lowest BCUT2D eigenvalue weighted by Gasteiger charge is -2.25. The molecule has 0 unspecified atom stereocenters. The van der Waals surface area contributed by atoms with Crippen molar-refractivity contribution < 1.29 is 0 Å². The highest BCUT2D eigenvalue weighted by molar-refractivity contribution is 7.71. The van der Waals surface area contributed by atoms with Gasteiger partial charge in [0.25, 0.3) is 0 Å². The van der Waals surface area contributed by atoms with Gasteiger partial charge in [-0.15, -0.1) is 0 Å². The van der Waals surface area contributed by atoms with Crippen LogP contribution in [0.5, 0.6) is 0 Å². The summed E-state index contributed by atoms with van der Waals surface area (Å²) < 4.78 is 2.87. The molecule has 2 rings (SSSR count). The highest BCUT2D eigenvalue weighted by Crippen LogP contribution is 2.29. The standard InChI is InChI=1S/C12H15ClN2S/c1-4-12(2,3)15-9-7-5-6-8(13)10(9)14-11(15)16/h5-7H,4H2,1-3H3,(H,14,16). The first-order chi connectivity index (χ1) is 7.47. The number of hydrogen-bond acceptors (Lipinski definition) is 1. The molecule has 0 amide bonds. The van der Waals surface area contributed by atoms with Crippen LogP contribution in [-0.2, 0) is 5.54 Å². The minimum Gasteiger partial charge on any atom is -0.329 e.